The molecule has 2 aliphatic rings. The van der Waals surface area contributed by atoms with E-state index < -0.39 is 5.54 Å². The summed E-state index contributed by atoms with van der Waals surface area (Å²) in [5.41, 5.74) is 12.7. The third-order valence-electron chi connectivity index (χ3n) is 6.06. The number of rotatable bonds is 7. The average molecular weight is 386 g/mol. The van der Waals surface area contributed by atoms with Gasteiger partial charge in [-0.05, 0) is 49.6 Å². The van der Waals surface area contributed by atoms with Gasteiger partial charge in [-0.2, -0.15) is 0 Å². The number of aliphatic imine (C=N–C) groups is 1. The molecule has 0 radical (unpaired) electrons. The van der Waals surface area contributed by atoms with Crippen LogP contribution in [-0.2, 0) is 6.42 Å². The SMILES string of the molecule is NCC1CCC(CC2(N)CC(=NCCc3ccccc3)NC=C2[N+](=O)[O-])CC1. The summed E-state index contributed by atoms with van der Waals surface area (Å²) in [4.78, 5) is 15.9. The van der Waals surface area contributed by atoms with Gasteiger partial charge in [-0.15, -0.1) is 0 Å². The van der Waals surface area contributed by atoms with Crippen LogP contribution in [0.1, 0.15) is 44.1 Å². The second kappa shape index (κ2) is 9.30. The molecule has 0 amide bonds. The Balaban J connectivity index is 1.65. The van der Waals surface area contributed by atoms with Gasteiger partial charge in [-0.25, -0.2) is 0 Å². The van der Waals surface area contributed by atoms with Gasteiger partial charge in [0.2, 0.25) is 0 Å². The lowest BCUT2D eigenvalue weighted by molar-refractivity contribution is -0.436. The van der Waals surface area contributed by atoms with E-state index in [1.807, 2.05) is 18.2 Å². The molecule has 1 aliphatic carbocycles. The summed E-state index contributed by atoms with van der Waals surface area (Å²) >= 11 is 0. The average Bonchev–Trinajstić information content (AvgIpc) is 2.69. The molecule has 3 rings (SSSR count). The minimum Gasteiger partial charge on any atom is -0.345 e. The van der Waals surface area contributed by atoms with E-state index in [1.54, 1.807) is 0 Å². The van der Waals surface area contributed by atoms with Gasteiger partial charge in [0.15, 0.2) is 0 Å². The Bertz CT molecular complexity index is 726. The number of hydrogen-bond donors (Lipinski definition) is 3. The first-order valence-corrected chi connectivity index (χ1v) is 10.2. The van der Waals surface area contributed by atoms with Gasteiger partial charge in [0.05, 0.1) is 11.1 Å². The number of nitrogens with zero attached hydrogens (tertiary/aromatic N) is 2. The van der Waals surface area contributed by atoms with Crippen molar-refractivity contribution in [2.45, 2.75) is 50.5 Å². The van der Waals surface area contributed by atoms with Crippen molar-refractivity contribution in [1.82, 2.24) is 5.32 Å². The maximum atomic E-state index is 11.6. The molecule has 7 nitrogen and oxygen atoms in total. The number of nitro groups is 1. The molecule has 1 fully saturated rings. The highest BCUT2D eigenvalue weighted by molar-refractivity contribution is 5.86. The zero-order valence-electron chi connectivity index (χ0n) is 16.3. The van der Waals surface area contributed by atoms with Gasteiger partial charge in [0, 0.05) is 13.0 Å². The maximum Gasteiger partial charge on any atom is 0.282 e. The van der Waals surface area contributed by atoms with Crippen LogP contribution in [0.15, 0.2) is 47.2 Å². The van der Waals surface area contributed by atoms with Crippen molar-refractivity contribution in [2.24, 2.45) is 28.3 Å². The molecule has 28 heavy (non-hydrogen) atoms. The Morgan fingerprint density at radius 3 is 2.50 bits per heavy atom. The summed E-state index contributed by atoms with van der Waals surface area (Å²) in [6.45, 7) is 1.36. The molecule has 1 aromatic carbocycles. The highest BCUT2D eigenvalue weighted by atomic mass is 16.6. The molecule has 152 valence electrons. The largest absolute Gasteiger partial charge is 0.345 e. The van der Waals surface area contributed by atoms with E-state index in [0.29, 0.717) is 31.2 Å². The van der Waals surface area contributed by atoms with E-state index >= 15 is 0 Å². The molecule has 0 bridgehead atoms. The van der Waals surface area contributed by atoms with Crippen LogP contribution >= 0.6 is 0 Å². The monoisotopic (exact) mass is 385 g/mol. The molecule has 1 saturated carbocycles. The Labute approximate surface area is 166 Å². The number of benzene rings is 1. The van der Waals surface area contributed by atoms with Crippen LogP contribution in [0.3, 0.4) is 0 Å². The van der Waals surface area contributed by atoms with Gasteiger partial charge in [-0.3, -0.25) is 15.1 Å². The fraction of sp³-hybridized carbons (Fsp3) is 0.571. The molecule has 0 saturated heterocycles. The standard InChI is InChI=1S/C21H31N5O2/c22-14-18-8-6-17(7-9-18)12-21(23)13-20(25-15-19(21)26(27)28)24-11-10-16-4-2-1-3-5-16/h1-5,15,17-18H,6-14,22-23H2,(H,24,25). The molecule has 1 aromatic rings. The van der Waals surface area contributed by atoms with Crippen molar-refractivity contribution in [3.05, 3.63) is 57.9 Å². The van der Waals surface area contributed by atoms with Gasteiger partial charge in [-0.1, -0.05) is 43.2 Å². The summed E-state index contributed by atoms with van der Waals surface area (Å²) in [5.74, 6) is 1.72. The fourth-order valence-corrected chi connectivity index (χ4v) is 4.40. The van der Waals surface area contributed by atoms with Crippen LogP contribution in [-0.4, -0.2) is 29.4 Å². The van der Waals surface area contributed by atoms with Crippen molar-refractivity contribution >= 4 is 5.84 Å². The highest BCUT2D eigenvalue weighted by Gasteiger charge is 2.44. The molecule has 1 unspecified atom stereocenters. The van der Waals surface area contributed by atoms with Gasteiger partial charge >= 0.3 is 0 Å². The Hall–Kier alpha value is -2.25. The number of amidine groups is 1. The zero-order valence-corrected chi connectivity index (χ0v) is 16.3. The van der Waals surface area contributed by atoms with Crippen LogP contribution in [0.2, 0.25) is 0 Å². The smallest absolute Gasteiger partial charge is 0.282 e. The van der Waals surface area contributed by atoms with Gasteiger partial charge < -0.3 is 16.8 Å². The van der Waals surface area contributed by atoms with E-state index in [9.17, 15) is 10.1 Å². The summed E-state index contributed by atoms with van der Waals surface area (Å²) in [5, 5.41) is 14.6. The molecule has 5 N–H and O–H groups in total. The van der Waals surface area contributed by atoms with Crippen molar-refractivity contribution < 1.29 is 4.92 Å². The first-order chi connectivity index (χ1) is 13.5. The third-order valence-corrected chi connectivity index (χ3v) is 6.06. The first kappa shape index (κ1) is 20.5. The van der Waals surface area contributed by atoms with Crippen molar-refractivity contribution in [1.29, 1.82) is 0 Å². The summed E-state index contributed by atoms with van der Waals surface area (Å²) in [6.07, 6.45) is 7.53. The van der Waals surface area contributed by atoms with Crippen LogP contribution in [0.25, 0.3) is 0 Å². The summed E-state index contributed by atoms with van der Waals surface area (Å²) in [7, 11) is 0. The topological polar surface area (TPSA) is 120 Å². The lowest BCUT2D eigenvalue weighted by Gasteiger charge is -2.36. The molecule has 1 atom stereocenters. The Morgan fingerprint density at radius 1 is 1.18 bits per heavy atom. The highest BCUT2D eigenvalue weighted by Crippen LogP contribution is 2.37. The molecule has 7 heteroatoms. The van der Waals surface area contributed by atoms with Gasteiger partial charge in [0.1, 0.15) is 11.4 Å². The number of hydrogen-bond acceptors (Lipinski definition) is 5. The van der Waals surface area contributed by atoms with Crippen LogP contribution in [0.4, 0.5) is 0 Å². The predicted molar refractivity (Wildman–Crippen MR) is 111 cm³/mol. The number of nitrogens with two attached hydrogens (primary N) is 2. The van der Waals surface area contributed by atoms with Crippen molar-refractivity contribution in [3.63, 3.8) is 0 Å². The van der Waals surface area contributed by atoms with E-state index in [-0.39, 0.29) is 10.6 Å². The van der Waals surface area contributed by atoms with Crippen LogP contribution in [0, 0.1) is 22.0 Å². The Kier molecular flexibility index (Phi) is 6.80. The van der Waals surface area contributed by atoms with E-state index in [2.05, 4.69) is 22.4 Å². The second-order valence-electron chi connectivity index (χ2n) is 8.15. The minimum atomic E-state index is -0.972. The normalized spacial score (nSPS) is 29.2. The van der Waals surface area contributed by atoms with E-state index in [0.717, 1.165) is 44.5 Å². The molecular weight excluding hydrogens is 354 g/mol. The summed E-state index contributed by atoms with van der Waals surface area (Å²) < 4.78 is 0. The van der Waals surface area contributed by atoms with Crippen molar-refractivity contribution in [2.75, 3.05) is 13.1 Å². The Morgan fingerprint density at radius 2 is 1.86 bits per heavy atom. The first-order valence-electron chi connectivity index (χ1n) is 10.2. The minimum absolute atomic E-state index is 0.0652. The van der Waals surface area contributed by atoms with Crippen LogP contribution < -0.4 is 16.8 Å². The molecule has 1 aliphatic heterocycles. The van der Waals surface area contributed by atoms with Crippen LogP contribution in [0.5, 0.6) is 0 Å². The lowest BCUT2D eigenvalue weighted by atomic mass is 9.73. The van der Waals surface area contributed by atoms with Crippen molar-refractivity contribution in [3.8, 4) is 0 Å². The zero-order chi connectivity index (χ0) is 20.0. The second-order valence-corrected chi connectivity index (χ2v) is 8.15. The molecule has 0 aromatic heterocycles. The lowest BCUT2D eigenvalue weighted by Crippen LogP contribution is -2.53. The quantitative estimate of drug-likeness (QED) is 0.492. The van der Waals surface area contributed by atoms with E-state index in [4.69, 9.17) is 11.5 Å². The van der Waals surface area contributed by atoms with E-state index in [1.165, 1.54) is 11.8 Å². The summed E-state index contributed by atoms with van der Waals surface area (Å²) in [6, 6.07) is 10.2. The predicted octanol–water partition coefficient (Wildman–Crippen LogP) is 2.59. The maximum absolute atomic E-state index is 11.6. The number of nitrogens with one attached hydrogen (secondary N) is 1. The fourth-order valence-electron chi connectivity index (χ4n) is 4.40. The molecule has 0 spiro atoms. The third kappa shape index (κ3) is 5.17. The van der Waals surface area contributed by atoms with Gasteiger partial charge in [0.25, 0.3) is 5.70 Å². The molecular formula is C21H31N5O2. The molecule has 1 heterocycles.